The number of ether oxygens (including phenoxy) is 1. The molecule has 3 heterocycles. The number of carbonyl (C=O) groups excluding carboxylic acids is 1. The molecule has 0 spiro atoms. The van der Waals surface area contributed by atoms with E-state index in [9.17, 15) is 4.79 Å². The lowest BCUT2D eigenvalue weighted by Gasteiger charge is -2.31. The summed E-state index contributed by atoms with van der Waals surface area (Å²) in [5.74, 6) is 1.65. The molecule has 1 amide bonds. The number of amides is 1. The number of fused-ring (bicyclic) bond motifs is 1. The Morgan fingerprint density at radius 3 is 2.79 bits per heavy atom. The first-order valence-corrected chi connectivity index (χ1v) is 10.4. The van der Waals surface area contributed by atoms with Crippen LogP contribution in [0.25, 0.3) is 5.65 Å². The van der Waals surface area contributed by atoms with Gasteiger partial charge in [-0.1, -0.05) is 25.1 Å². The molecule has 1 aliphatic rings. The number of aryl methyl sites for hydroxylation is 1. The lowest BCUT2D eigenvalue weighted by atomic mass is 9.91. The van der Waals surface area contributed by atoms with Gasteiger partial charge in [-0.15, -0.1) is 0 Å². The number of rotatable bonds is 5. The molecule has 4 rings (SSSR count). The lowest BCUT2D eigenvalue weighted by molar-refractivity contribution is -0.132. The minimum atomic E-state index is -0.0752. The molecule has 0 bridgehead atoms. The minimum absolute atomic E-state index is 0.0752. The van der Waals surface area contributed by atoms with Crippen LogP contribution in [0.4, 0.5) is 0 Å². The van der Waals surface area contributed by atoms with Crippen molar-refractivity contribution in [3.63, 3.8) is 0 Å². The number of carbonyl (C=O) groups is 1. The van der Waals surface area contributed by atoms with Gasteiger partial charge >= 0.3 is 0 Å². The summed E-state index contributed by atoms with van der Waals surface area (Å²) in [5, 5.41) is 0. The molecule has 0 N–H and O–H groups in total. The molecule has 1 atom stereocenters. The van der Waals surface area contributed by atoms with Crippen LogP contribution in [-0.2, 0) is 4.79 Å². The Hall–Kier alpha value is -2.82. The van der Waals surface area contributed by atoms with E-state index in [1.165, 1.54) is 0 Å². The quantitative estimate of drug-likeness (QED) is 0.646. The van der Waals surface area contributed by atoms with E-state index in [2.05, 4.69) is 35.4 Å². The van der Waals surface area contributed by atoms with Gasteiger partial charge in [0, 0.05) is 37.8 Å². The van der Waals surface area contributed by atoms with Crippen molar-refractivity contribution < 1.29 is 9.53 Å². The molecule has 1 saturated heterocycles. The highest BCUT2D eigenvalue weighted by atomic mass is 16.5. The smallest absolute Gasteiger partial charge is 0.223 e. The zero-order chi connectivity index (χ0) is 20.4. The van der Waals surface area contributed by atoms with Crippen molar-refractivity contribution in [1.82, 2.24) is 14.3 Å². The number of hydrogen-bond acceptors (Lipinski definition) is 3. The van der Waals surface area contributed by atoms with Crippen molar-refractivity contribution in [2.75, 3.05) is 20.2 Å². The van der Waals surface area contributed by atoms with Gasteiger partial charge in [-0.2, -0.15) is 0 Å². The summed E-state index contributed by atoms with van der Waals surface area (Å²) in [4.78, 5) is 19.9. The molecule has 3 aromatic rings. The first-order chi connectivity index (χ1) is 14.1. The molecule has 5 nitrogen and oxygen atoms in total. The van der Waals surface area contributed by atoms with Gasteiger partial charge < -0.3 is 14.0 Å². The predicted molar refractivity (Wildman–Crippen MR) is 114 cm³/mol. The van der Waals surface area contributed by atoms with E-state index < -0.39 is 0 Å². The first-order valence-electron chi connectivity index (χ1n) is 10.4. The zero-order valence-corrected chi connectivity index (χ0v) is 17.5. The summed E-state index contributed by atoms with van der Waals surface area (Å²) in [7, 11) is 1.67. The number of aromatic nitrogens is 2. The lowest BCUT2D eigenvalue weighted by Crippen LogP contribution is -2.38. The van der Waals surface area contributed by atoms with Crippen LogP contribution in [0.5, 0.6) is 5.75 Å². The third kappa shape index (κ3) is 4.00. The number of nitrogens with zero attached hydrogens (tertiary/aromatic N) is 3. The number of imidazole rings is 1. The Balaban J connectivity index is 1.71. The van der Waals surface area contributed by atoms with E-state index in [1.807, 2.05) is 41.6 Å². The Morgan fingerprint density at radius 2 is 2.03 bits per heavy atom. The van der Waals surface area contributed by atoms with E-state index in [0.29, 0.717) is 12.3 Å². The van der Waals surface area contributed by atoms with Gasteiger partial charge in [0.1, 0.15) is 11.4 Å². The Morgan fingerprint density at radius 1 is 1.24 bits per heavy atom. The fraction of sp³-hybridized carbons (Fsp3) is 0.417. The van der Waals surface area contributed by atoms with Crippen molar-refractivity contribution in [1.29, 1.82) is 0 Å². The van der Waals surface area contributed by atoms with Crippen molar-refractivity contribution >= 4 is 11.6 Å². The predicted octanol–water partition coefficient (Wildman–Crippen LogP) is 4.43. The van der Waals surface area contributed by atoms with Gasteiger partial charge in [-0.05, 0) is 55.0 Å². The molecule has 1 aliphatic heterocycles. The molecule has 5 heteroatoms. The van der Waals surface area contributed by atoms with Crippen molar-refractivity contribution in [3.05, 3.63) is 65.6 Å². The van der Waals surface area contributed by atoms with Gasteiger partial charge in [0.15, 0.2) is 0 Å². The second-order valence-corrected chi connectivity index (χ2v) is 8.16. The average Bonchev–Trinajstić information content (AvgIpc) is 3.17. The molecule has 0 saturated carbocycles. The van der Waals surface area contributed by atoms with Crippen molar-refractivity contribution in [2.45, 2.75) is 39.0 Å². The molecule has 0 aliphatic carbocycles. The minimum Gasteiger partial charge on any atom is -0.497 e. The van der Waals surface area contributed by atoms with Crippen LogP contribution in [-0.4, -0.2) is 40.4 Å². The average molecular weight is 392 g/mol. The number of pyridine rings is 1. The Kier molecular flexibility index (Phi) is 5.56. The number of benzene rings is 1. The van der Waals surface area contributed by atoms with Crippen LogP contribution < -0.4 is 4.74 Å². The molecule has 1 unspecified atom stereocenters. The second kappa shape index (κ2) is 8.27. The third-order valence-corrected chi connectivity index (χ3v) is 6.13. The van der Waals surface area contributed by atoms with Crippen LogP contribution in [0.15, 0.2) is 48.8 Å². The van der Waals surface area contributed by atoms with E-state index in [0.717, 1.165) is 54.1 Å². The van der Waals surface area contributed by atoms with Gasteiger partial charge in [0.05, 0.1) is 12.8 Å². The van der Waals surface area contributed by atoms with Crippen molar-refractivity contribution in [2.24, 2.45) is 5.92 Å². The highest BCUT2D eigenvalue weighted by Gasteiger charge is 2.27. The Bertz CT molecular complexity index is 1000. The van der Waals surface area contributed by atoms with E-state index in [4.69, 9.17) is 4.74 Å². The van der Waals surface area contributed by atoms with E-state index in [1.54, 1.807) is 7.11 Å². The number of piperidine rings is 1. The molecular formula is C24H29N3O2. The molecule has 1 fully saturated rings. The molecule has 152 valence electrons. The molecule has 2 aromatic heterocycles. The van der Waals surface area contributed by atoms with Gasteiger partial charge in [0.2, 0.25) is 5.91 Å². The van der Waals surface area contributed by atoms with E-state index >= 15 is 0 Å². The fourth-order valence-electron chi connectivity index (χ4n) is 4.24. The maximum absolute atomic E-state index is 13.2. The summed E-state index contributed by atoms with van der Waals surface area (Å²) in [6.07, 6.45) is 6.56. The molecule has 29 heavy (non-hydrogen) atoms. The monoisotopic (exact) mass is 391 g/mol. The summed E-state index contributed by atoms with van der Waals surface area (Å²) >= 11 is 0. The largest absolute Gasteiger partial charge is 0.497 e. The van der Waals surface area contributed by atoms with Crippen molar-refractivity contribution in [3.8, 4) is 5.75 Å². The summed E-state index contributed by atoms with van der Waals surface area (Å²) in [5.41, 5.74) is 4.18. The second-order valence-electron chi connectivity index (χ2n) is 8.16. The van der Waals surface area contributed by atoms with E-state index in [-0.39, 0.29) is 11.8 Å². The highest BCUT2D eigenvalue weighted by molar-refractivity contribution is 5.78. The maximum Gasteiger partial charge on any atom is 0.223 e. The zero-order valence-electron chi connectivity index (χ0n) is 17.5. The maximum atomic E-state index is 13.2. The number of likely N-dealkylation sites (tertiary alicyclic amines) is 1. The summed E-state index contributed by atoms with van der Waals surface area (Å²) in [6.45, 7) is 6.04. The van der Waals surface area contributed by atoms with Crippen LogP contribution in [0.3, 0.4) is 0 Å². The SMILES string of the molecule is COc1cccc(C(CC(=O)N2CCC(C)CC2)c2cnc3c(C)cccn23)c1. The highest BCUT2D eigenvalue weighted by Crippen LogP contribution is 2.32. The van der Waals surface area contributed by atoms with Crippen LogP contribution in [0.1, 0.15) is 48.9 Å². The van der Waals surface area contributed by atoms with Gasteiger partial charge in [-0.3, -0.25) is 4.79 Å². The van der Waals surface area contributed by atoms with Crippen LogP contribution in [0.2, 0.25) is 0 Å². The molecule has 1 aromatic carbocycles. The normalized spacial score (nSPS) is 16.2. The van der Waals surface area contributed by atoms with Crippen LogP contribution in [0, 0.1) is 12.8 Å². The molecular weight excluding hydrogens is 362 g/mol. The Labute approximate surface area is 172 Å². The third-order valence-electron chi connectivity index (χ3n) is 6.13. The molecule has 0 radical (unpaired) electrons. The standard InChI is InChI=1S/C24H29N3O2/c1-17-9-12-26(13-10-17)23(28)15-21(19-7-4-8-20(14-19)29-3)22-16-25-24-18(2)6-5-11-27(22)24/h4-8,11,14,16-17,21H,9-10,12-13,15H2,1-3H3. The topological polar surface area (TPSA) is 46.8 Å². The summed E-state index contributed by atoms with van der Waals surface area (Å²) in [6, 6.07) is 12.1. The first kappa shape index (κ1) is 19.5. The van der Waals surface area contributed by atoms with Gasteiger partial charge in [-0.25, -0.2) is 4.98 Å². The van der Waals surface area contributed by atoms with Gasteiger partial charge in [0.25, 0.3) is 0 Å². The van der Waals surface area contributed by atoms with Crippen LogP contribution >= 0.6 is 0 Å². The number of methoxy groups -OCH3 is 1. The fourth-order valence-corrected chi connectivity index (χ4v) is 4.24. The summed E-state index contributed by atoms with van der Waals surface area (Å²) < 4.78 is 7.56. The number of hydrogen-bond donors (Lipinski definition) is 0.